The standard InChI is InChI=1S/C19H19N3O3/c1-3-10-22-18(12-7-4-5-8-13(12)24-2)15-16(14-9-6-11-25-14)20-21-17(15)19(22)23/h4-9,11,18H,3,10H2,1-2H3,(H,20,21)/t18-/m1/s1. The number of nitrogens with zero attached hydrogens (tertiary/aromatic N) is 2. The van der Waals surface area contributed by atoms with E-state index in [0.717, 1.165) is 29.0 Å². The Morgan fingerprint density at radius 2 is 2.12 bits per heavy atom. The molecule has 1 atom stereocenters. The van der Waals surface area contributed by atoms with Crippen LogP contribution < -0.4 is 4.74 Å². The monoisotopic (exact) mass is 337 g/mol. The lowest BCUT2D eigenvalue weighted by Gasteiger charge is -2.27. The molecule has 1 N–H and O–H groups in total. The number of carbonyl (C=O) groups excluding carboxylic acids is 1. The molecule has 25 heavy (non-hydrogen) atoms. The molecule has 6 nitrogen and oxygen atoms in total. The number of methoxy groups -OCH3 is 1. The van der Waals surface area contributed by atoms with Crippen molar-refractivity contribution in [3.05, 3.63) is 59.5 Å². The molecule has 3 aromatic rings. The van der Waals surface area contributed by atoms with E-state index in [1.54, 1.807) is 13.4 Å². The zero-order valence-corrected chi connectivity index (χ0v) is 14.2. The van der Waals surface area contributed by atoms with E-state index in [1.807, 2.05) is 41.3 Å². The quantitative estimate of drug-likeness (QED) is 0.772. The molecule has 0 radical (unpaired) electrons. The van der Waals surface area contributed by atoms with Gasteiger partial charge < -0.3 is 14.1 Å². The van der Waals surface area contributed by atoms with Crippen LogP contribution in [0.5, 0.6) is 5.75 Å². The molecule has 0 aliphatic carbocycles. The minimum Gasteiger partial charge on any atom is -0.496 e. The largest absolute Gasteiger partial charge is 0.496 e. The second-order valence-electron chi connectivity index (χ2n) is 5.98. The smallest absolute Gasteiger partial charge is 0.275 e. The maximum Gasteiger partial charge on any atom is 0.275 e. The molecular formula is C19H19N3O3. The van der Waals surface area contributed by atoms with E-state index in [-0.39, 0.29) is 11.9 Å². The van der Waals surface area contributed by atoms with Crippen molar-refractivity contribution in [3.63, 3.8) is 0 Å². The summed E-state index contributed by atoms with van der Waals surface area (Å²) in [5, 5.41) is 7.26. The van der Waals surface area contributed by atoms with Gasteiger partial charge in [-0.15, -0.1) is 0 Å². The van der Waals surface area contributed by atoms with Crippen molar-refractivity contribution < 1.29 is 13.9 Å². The molecule has 3 heterocycles. The average Bonchev–Trinajstić information content (AvgIpc) is 3.34. The molecule has 1 amide bonds. The van der Waals surface area contributed by atoms with Gasteiger partial charge in [-0.05, 0) is 24.6 Å². The Kier molecular flexibility index (Phi) is 3.80. The van der Waals surface area contributed by atoms with Crippen molar-refractivity contribution in [2.24, 2.45) is 0 Å². The first kappa shape index (κ1) is 15.5. The molecule has 0 unspecified atom stereocenters. The molecule has 1 aromatic carbocycles. The zero-order chi connectivity index (χ0) is 17.4. The van der Waals surface area contributed by atoms with Gasteiger partial charge in [0.15, 0.2) is 11.5 Å². The van der Waals surface area contributed by atoms with Crippen molar-refractivity contribution in [1.82, 2.24) is 15.1 Å². The number of amides is 1. The molecule has 6 heteroatoms. The molecule has 1 aliphatic heterocycles. The maximum absolute atomic E-state index is 12.9. The number of fused-ring (bicyclic) bond motifs is 1. The van der Waals surface area contributed by atoms with E-state index >= 15 is 0 Å². The average molecular weight is 337 g/mol. The lowest BCUT2D eigenvalue weighted by atomic mass is 9.97. The van der Waals surface area contributed by atoms with Gasteiger partial charge >= 0.3 is 0 Å². The van der Waals surface area contributed by atoms with Gasteiger partial charge in [-0.3, -0.25) is 9.89 Å². The third kappa shape index (κ3) is 2.33. The topological polar surface area (TPSA) is 71.4 Å². The molecule has 0 bridgehead atoms. The second kappa shape index (κ2) is 6.12. The Hall–Kier alpha value is -3.02. The number of rotatable bonds is 5. The van der Waals surface area contributed by atoms with Crippen molar-refractivity contribution >= 4 is 5.91 Å². The number of ether oxygens (including phenoxy) is 1. The highest BCUT2D eigenvalue weighted by Crippen LogP contribution is 2.45. The van der Waals surface area contributed by atoms with Gasteiger partial charge in [-0.2, -0.15) is 5.10 Å². The second-order valence-corrected chi connectivity index (χ2v) is 5.98. The predicted octanol–water partition coefficient (Wildman–Crippen LogP) is 3.63. The van der Waals surface area contributed by atoms with E-state index in [2.05, 4.69) is 17.1 Å². The molecule has 4 rings (SSSR count). The fraction of sp³-hybridized carbons (Fsp3) is 0.263. The highest BCUT2D eigenvalue weighted by molar-refractivity contribution is 6.00. The van der Waals surface area contributed by atoms with Gasteiger partial charge in [0.1, 0.15) is 11.4 Å². The number of hydrogen-bond acceptors (Lipinski definition) is 4. The Balaban J connectivity index is 1.93. The van der Waals surface area contributed by atoms with Gasteiger partial charge in [0.2, 0.25) is 0 Å². The third-order valence-corrected chi connectivity index (χ3v) is 4.52. The van der Waals surface area contributed by atoms with Crippen molar-refractivity contribution in [2.75, 3.05) is 13.7 Å². The van der Waals surface area contributed by atoms with Crippen LogP contribution in [0.4, 0.5) is 0 Å². The number of H-pyrrole nitrogens is 1. The molecule has 0 fully saturated rings. The number of para-hydroxylation sites is 1. The van der Waals surface area contributed by atoms with Gasteiger partial charge in [0.25, 0.3) is 5.91 Å². The summed E-state index contributed by atoms with van der Waals surface area (Å²) in [4.78, 5) is 14.8. The lowest BCUT2D eigenvalue weighted by molar-refractivity contribution is 0.0742. The summed E-state index contributed by atoms with van der Waals surface area (Å²) in [6.45, 7) is 2.71. The highest BCUT2D eigenvalue weighted by Gasteiger charge is 2.43. The maximum atomic E-state index is 12.9. The Bertz CT molecular complexity index is 899. The van der Waals surface area contributed by atoms with Crippen LogP contribution in [0.2, 0.25) is 0 Å². The van der Waals surface area contributed by atoms with Crippen LogP contribution in [0.3, 0.4) is 0 Å². The van der Waals surface area contributed by atoms with E-state index in [4.69, 9.17) is 9.15 Å². The van der Waals surface area contributed by atoms with E-state index in [1.165, 1.54) is 0 Å². The van der Waals surface area contributed by atoms with Crippen LogP contribution in [0, 0.1) is 0 Å². The van der Waals surface area contributed by atoms with Crippen LogP contribution in [0.25, 0.3) is 11.5 Å². The molecule has 1 aliphatic rings. The Labute approximate surface area is 145 Å². The number of furan rings is 1. The number of benzene rings is 1. The Morgan fingerprint density at radius 1 is 1.28 bits per heavy atom. The molecule has 2 aromatic heterocycles. The summed E-state index contributed by atoms with van der Waals surface area (Å²) in [6.07, 6.45) is 2.47. The van der Waals surface area contributed by atoms with Crippen LogP contribution in [-0.4, -0.2) is 34.7 Å². The predicted molar refractivity (Wildman–Crippen MR) is 92.5 cm³/mol. The summed E-state index contributed by atoms with van der Waals surface area (Å²) >= 11 is 0. The van der Waals surface area contributed by atoms with E-state index < -0.39 is 0 Å². The first-order chi connectivity index (χ1) is 12.3. The lowest BCUT2D eigenvalue weighted by Crippen LogP contribution is -2.30. The van der Waals surface area contributed by atoms with Crippen molar-refractivity contribution in [2.45, 2.75) is 19.4 Å². The summed E-state index contributed by atoms with van der Waals surface area (Å²) in [6, 6.07) is 11.2. The summed E-state index contributed by atoms with van der Waals surface area (Å²) in [5.41, 5.74) is 2.98. The molecule has 128 valence electrons. The summed E-state index contributed by atoms with van der Waals surface area (Å²) in [5.74, 6) is 1.35. The first-order valence-corrected chi connectivity index (χ1v) is 8.32. The minimum atomic E-state index is -0.252. The zero-order valence-electron chi connectivity index (χ0n) is 14.2. The van der Waals surface area contributed by atoms with Gasteiger partial charge in [0.05, 0.1) is 19.4 Å². The van der Waals surface area contributed by atoms with Crippen LogP contribution >= 0.6 is 0 Å². The number of aromatic nitrogens is 2. The molecular weight excluding hydrogens is 318 g/mol. The number of aromatic amines is 1. The normalized spacial score (nSPS) is 16.3. The number of nitrogens with one attached hydrogen (secondary N) is 1. The number of hydrogen-bond donors (Lipinski definition) is 1. The van der Waals surface area contributed by atoms with Gasteiger partial charge in [-0.1, -0.05) is 25.1 Å². The van der Waals surface area contributed by atoms with Crippen molar-refractivity contribution in [3.8, 4) is 17.2 Å². The van der Waals surface area contributed by atoms with Gasteiger partial charge in [0, 0.05) is 17.7 Å². The highest BCUT2D eigenvalue weighted by atomic mass is 16.5. The minimum absolute atomic E-state index is 0.0678. The van der Waals surface area contributed by atoms with Crippen LogP contribution in [0.15, 0.2) is 47.1 Å². The van der Waals surface area contributed by atoms with Crippen molar-refractivity contribution in [1.29, 1.82) is 0 Å². The third-order valence-electron chi connectivity index (χ3n) is 4.52. The van der Waals surface area contributed by atoms with Crippen LogP contribution in [0.1, 0.15) is 41.0 Å². The number of carbonyl (C=O) groups is 1. The fourth-order valence-corrected chi connectivity index (χ4v) is 3.48. The first-order valence-electron chi connectivity index (χ1n) is 8.32. The molecule has 0 spiro atoms. The molecule has 0 saturated carbocycles. The molecule has 0 saturated heterocycles. The SMILES string of the molecule is CCCN1C(=O)c2n[nH]c(-c3ccco3)c2[C@H]1c1ccccc1OC. The summed E-state index contributed by atoms with van der Waals surface area (Å²) < 4.78 is 11.1. The van der Waals surface area contributed by atoms with Crippen LogP contribution in [-0.2, 0) is 0 Å². The van der Waals surface area contributed by atoms with E-state index in [9.17, 15) is 4.79 Å². The summed E-state index contributed by atoms with van der Waals surface area (Å²) in [7, 11) is 1.64. The fourth-order valence-electron chi connectivity index (χ4n) is 3.48. The van der Waals surface area contributed by atoms with E-state index in [0.29, 0.717) is 18.0 Å². The van der Waals surface area contributed by atoms with Gasteiger partial charge in [-0.25, -0.2) is 0 Å². The Morgan fingerprint density at radius 3 is 2.84 bits per heavy atom.